The fourth-order valence-electron chi connectivity index (χ4n) is 1.51. The van der Waals surface area contributed by atoms with Crippen LogP contribution in [0.25, 0.3) is 0 Å². The molecule has 2 heterocycles. The first kappa shape index (κ1) is 10.1. The van der Waals surface area contributed by atoms with Crippen LogP contribution in [0.2, 0.25) is 0 Å². The Morgan fingerprint density at radius 3 is 2.67 bits per heavy atom. The molecule has 5 nitrogen and oxygen atoms in total. The van der Waals surface area contributed by atoms with Crippen molar-refractivity contribution in [3.63, 3.8) is 0 Å². The van der Waals surface area contributed by atoms with Gasteiger partial charge in [-0.15, -0.1) is 11.3 Å². The van der Waals surface area contributed by atoms with Gasteiger partial charge in [0, 0.05) is 31.6 Å². The predicted octanol–water partition coefficient (Wildman–Crippen LogP) is 0.0573. The molecule has 1 aliphatic rings. The molecule has 6 heteroatoms. The lowest BCUT2D eigenvalue weighted by atomic mass is 10.3. The van der Waals surface area contributed by atoms with Gasteiger partial charge in [0.25, 0.3) is 5.91 Å². The predicted molar refractivity (Wildman–Crippen MR) is 55.7 cm³/mol. The first-order chi connectivity index (χ1) is 7.31. The standard InChI is InChI=1S/C9H11N3O2S/c13-7-11-1-3-12(4-2-11)9(14)8-5-15-6-10-8/h5-7H,1-4H2. The average molecular weight is 225 g/mol. The number of hydrogen-bond donors (Lipinski definition) is 0. The van der Waals surface area contributed by atoms with Crippen molar-refractivity contribution in [2.75, 3.05) is 26.2 Å². The molecule has 0 aliphatic carbocycles. The molecule has 1 aromatic rings. The molecular weight excluding hydrogens is 214 g/mol. The minimum absolute atomic E-state index is 0.0400. The van der Waals surface area contributed by atoms with Gasteiger partial charge in [0.1, 0.15) is 5.69 Å². The van der Waals surface area contributed by atoms with Gasteiger partial charge in [-0.2, -0.15) is 0 Å². The van der Waals surface area contributed by atoms with Crippen molar-refractivity contribution in [1.82, 2.24) is 14.8 Å². The summed E-state index contributed by atoms with van der Waals surface area (Å²) in [4.78, 5) is 29.7. The molecule has 0 unspecified atom stereocenters. The zero-order chi connectivity index (χ0) is 10.7. The Balaban J connectivity index is 1.96. The van der Waals surface area contributed by atoms with E-state index in [4.69, 9.17) is 0 Å². The van der Waals surface area contributed by atoms with Crippen molar-refractivity contribution < 1.29 is 9.59 Å². The van der Waals surface area contributed by atoms with Crippen LogP contribution < -0.4 is 0 Å². The van der Waals surface area contributed by atoms with Gasteiger partial charge in [0.2, 0.25) is 6.41 Å². The summed E-state index contributed by atoms with van der Waals surface area (Å²) in [5.41, 5.74) is 2.15. The number of thiazole rings is 1. The van der Waals surface area contributed by atoms with Crippen LogP contribution in [0.3, 0.4) is 0 Å². The van der Waals surface area contributed by atoms with E-state index in [2.05, 4.69) is 4.98 Å². The lowest BCUT2D eigenvalue weighted by molar-refractivity contribution is -0.119. The molecular formula is C9H11N3O2S. The molecule has 80 valence electrons. The summed E-state index contributed by atoms with van der Waals surface area (Å²) in [5.74, 6) is -0.0400. The molecule has 1 fully saturated rings. The maximum atomic E-state index is 11.8. The first-order valence-electron chi connectivity index (χ1n) is 4.68. The molecule has 0 N–H and O–H groups in total. The van der Waals surface area contributed by atoms with Crippen LogP contribution in [0, 0.1) is 0 Å². The first-order valence-corrected chi connectivity index (χ1v) is 5.62. The number of hydrogen-bond acceptors (Lipinski definition) is 4. The summed E-state index contributed by atoms with van der Waals surface area (Å²) < 4.78 is 0. The van der Waals surface area contributed by atoms with Crippen molar-refractivity contribution in [3.8, 4) is 0 Å². The molecule has 1 aromatic heterocycles. The van der Waals surface area contributed by atoms with E-state index in [1.54, 1.807) is 20.7 Å². The van der Waals surface area contributed by atoms with Crippen LogP contribution in [0.5, 0.6) is 0 Å². The second kappa shape index (κ2) is 4.39. The molecule has 0 spiro atoms. The van der Waals surface area contributed by atoms with Crippen molar-refractivity contribution in [3.05, 3.63) is 16.6 Å². The fourth-order valence-corrected chi connectivity index (χ4v) is 2.04. The Morgan fingerprint density at radius 2 is 2.13 bits per heavy atom. The van der Waals surface area contributed by atoms with E-state index in [1.807, 2.05) is 0 Å². The van der Waals surface area contributed by atoms with Crippen LogP contribution in [-0.4, -0.2) is 53.3 Å². The van der Waals surface area contributed by atoms with E-state index < -0.39 is 0 Å². The normalized spacial score (nSPS) is 16.5. The van der Waals surface area contributed by atoms with Crippen molar-refractivity contribution in [2.45, 2.75) is 0 Å². The van der Waals surface area contributed by atoms with E-state index in [9.17, 15) is 9.59 Å². The highest BCUT2D eigenvalue weighted by molar-refractivity contribution is 7.07. The molecule has 15 heavy (non-hydrogen) atoms. The number of carbonyl (C=O) groups excluding carboxylic acids is 2. The monoisotopic (exact) mass is 225 g/mol. The zero-order valence-corrected chi connectivity index (χ0v) is 8.94. The minimum Gasteiger partial charge on any atom is -0.342 e. The molecule has 1 saturated heterocycles. The third-order valence-corrected chi connectivity index (χ3v) is 2.99. The van der Waals surface area contributed by atoms with E-state index in [-0.39, 0.29) is 5.91 Å². The maximum absolute atomic E-state index is 11.8. The third kappa shape index (κ3) is 2.15. The van der Waals surface area contributed by atoms with Crippen LogP contribution in [0.4, 0.5) is 0 Å². The summed E-state index contributed by atoms with van der Waals surface area (Å²) in [6.07, 6.45) is 0.824. The van der Waals surface area contributed by atoms with Gasteiger partial charge in [0.05, 0.1) is 5.51 Å². The van der Waals surface area contributed by atoms with Crippen LogP contribution in [0.1, 0.15) is 10.5 Å². The third-order valence-electron chi connectivity index (χ3n) is 2.40. The number of nitrogens with zero attached hydrogens (tertiary/aromatic N) is 3. The van der Waals surface area contributed by atoms with Crippen molar-refractivity contribution in [2.24, 2.45) is 0 Å². The second-order valence-electron chi connectivity index (χ2n) is 3.31. The number of rotatable bonds is 2. The lowest BCUT2D eigenvalue weighted by Gasteiger charge is -2.32. The average Bonchev–Trinajstić information content (AvgIpc) is 2.82. The fraction of sp³-hybridized carbons (Fsp3) is 0.444. The van der Waals surface area contributed by atoms with Crippen LogP contribution in [0.15, 0.2) is 10.9 Å². The van der Waals surface area contributed by atoms with Gasteiger partial charge >= 0.3 is 0 Å². The number of piperazine rings is 1. The quantitative estimate of drug-likeness (QED) is 0.669. The highest BCUT2D eigenvalue weighted by Crippen LogP contribution is 2.08. The Hall–Kier alpha value is -1.43. The van der Waals surface area contributed by atoms with E-state index in [1.165, 1.54) is 11.3 Å². The maximum Gasteiger partial charge on any atom is 0.273 e. The summed E-state index contributed by atoms with van der Waals surface area (Å²) in [7, 11) is 0. The Kier molecular flexibility index (Phi) is 2.96. The molecule has 0 bridgehead atoms. The number of carbonyl (C=O) groups is 2. The van der Waals surface area contributed by atoms with E-state index >= 15 is 0 Å². The second-order valence-corrected chi connectivity index (χ2v) is 4.03. The van der Waals surface area contributed by atoms with Gasteiger partial charge in [-0.3, -0.25) is 9.59 Å². The van der Waals surface area contributed by atoms with Gasteiger partial charge in [-0.05, 0) is 0 Å². The Labute approximate surface area is 91.3 Å². The molecule has 0 atom stereocenters. The highest BCUT2D eigenvalue weighted by Gasteiger charge is 2.22. The van der Waals surface area contributed by atoms with Crippen LogP contribution in [-0.2, 0) is 4.79 Å². The molecule has 0 radical (unpaired) electrons. The van der Waals surface area contributed by atoms with Gasteiger partial charge < -0.3 is 9.80 Å². The van der Waals surface area contributed by atoms with Gasteiger partial charge in [0.15, 0.2) is 0 Å². The smallest absolute Gasteiger partial charge is 0.273 e. The summed E-state index contributed by atoms with van der Waals surface area (Å²) in [6, 6.07) is 0. The van der Waals surface area contributed by atoms with Gasteiger partial charge in [-0.1, -0.05) is 0 Å². The van der Waals surface area contributed by atoms with E-state index in [0.717, 1.165) is 6.41 Å². The Bertz CT molecular complexity index is 344. The summed E-state index contributed by atoms with van der Waals surface area (Å²) >= 11 is 1.41. The highest BCUT2D eigenvalue weighted by atomic mass is 32.1. The Morgan fingerprint density at radius 1 is 1.40 bits per heavy atom. The SMILES string of the molecule is O=CN1CCN(C(=O)c2cscn2)CC1. The summed E-state index contributed by atoms with van der Waals surface area (Å²) in [6.45, 7) is 2.41. The zero-order valence-electron chi connectivity index (χ0n) is 8.13. The van der Waals surface area contributed by atoms with E-state index in [0.29, 0.717) is 31.9 Å². The molecule has 2 amide bonds. The number of aromatic nitrogens is 1. The van der Waals surface area contributed by atoms with Crippen molar-refractivity contribution >= 4 is 23.7 Å². The van der Waals surface area contributed by atoms with Crippen molar-refractivity contribution in [1.29, 1.82) is 0 Å². The van der Waals surface area contributed by atoms with Gasteiger partial charge in [-0.25, -0.2) is 4.98 Å². The largest absolute Gasteiger partial charge is 0.342 e. The summed E-state index contributed by atoms with van der Waals surface area (Å²) in [5, 5.41) is 1.74. The number of amides is 2. The molecule has 0 aromatic carbocycles. The molecule has 2 rings (SSSR count). The lowest BCUT2D eigenvalue weighted by Crippen LogP contribution is -2.48. The van der Waals surface area contributed by atoms with Crippen LogP contribution >= 0.6 is 11.3 Å². The molecule has 0 saturated carbocycles. The minimum atomic E-state index is -0.0400. The topological polar surface area (TPSA) is 53.5 Å². The molecule has 1 aliphatic heterocycles.